The zero-order valence-electron chi connectivity index (χ0n) is 17.4. The SMILES string of the molecule is COCC1(OC)CCc2[nH]c3ncnc(Nc4cc5c(cc4OC)CN=C5)c3c2C1. The van der Waals surface area contributed by atoms with Crippen LogP contribution in [-0.4, -0.2) is 54.7 Å². The number of nitrogens with zero attached hydrogens (tertiary/aromatic N) is 3. The highest BCUT2D eigenvalue weighted by Crippen LogP contribution is 2.39. The summed E-state index contributed by atoms with van der Waals surface area (Å²) in [7, 11) is 5.14. The molecule has 2 N–H and O–H groups in total. The Morgan fingerprint density at radius 1 is 1.20 bits per heavy atom. The number of hydrogen-bond donors (Lipinski definition) is 2. The van der Waals surface area contributed by atoms with Crippen LogP contribution in [0.15, 0.2) is 23.5 Å². The first-order valence-corrected chi connectivity index (χ1v) is 10.0. The van der Waals surface area contributed by atoms with E-state index in [1.165, 1.54) is 11.3 Å². The van der Waals surface area contributed by atoms with Crippen molar-refractivity contribution in [3.05, 3.63) is 40.8 Å². The standard InChI is InChI=1S/C22H25N5O3/c1-28-11-22(30-3)5-4-16-15(8-22)19-20(26-16)24-12-25-21(19)27-17-6-13-9-23-10-14(13)7-18(17)29-2/h6-7,9,12H,4-5,8,10-11H2,1-3H3,(H2,24,25,26,27). The molecule has 1 unspecified atom stereocenters. The number of aromatic nitrogens is 3. The molecular weight excluding hydrogens is 382 g/mol. The largest absolute Gasteiger partial charge is 0.495 e. The van der Waals surface area contributed by atoms with Crippen LogP contribution in [0.1, 0.15) is 28.8 Å². The molecule has 156 valence electrons. The molecule has 3 heterocycles. The molecule has 1 atom stereocenters. The molecule has 1 aromatic carbocycles. The lowest BCUT2D eigenvalue weighted by Gasteiger charge is -2.35. The number of hydrogen-bond acceptors (Lipinski definition) is 7. The topological polar surface area (TPSA) is 93.7 Å². The molecule has 0 saturated carbocycles. The van der Waals surface area contributed by atoms with Crippen LogP contribution in [0.2, 0.25) is 0 Å². The third-order valence-electron chi connectivity index (χ3n) is 6.16. The van der Waals surface area contributed by atoms with E-state index in [1.54, 1.807) is 27.7 Å². The Morgan fingerprint density at radius 3 is 2.90 bits per heavy atom. The van der Waals surface area contributed by atoms with E-state index in [4.69, 9.17) is 14.2 Å². The number of anilines is 2. The lowest BCUT2D eigenvalue weighted by atomic mass is 9.83. The van der Waals surface area contributed by atoms with Crippen LogP contribution in [0.5, 0.6) is 5.75 Å². The van der Waals surface area contributed by atoms with E-state index in [2.05, 4.69) is 31.3 Å². The minimum atomic E-state index is -0.342. The van der Waals surface area contributed by atoms with Gasteiger partial charge in [-0.3, -0.25) is 4.99 Å². The molecule has 0 radical (unpaired) electrons. The average Bonchev–Trinajstić information content (AvgIpc) is 3.37. The Kier molecular flexibility index (Phi) is 4.67. The highest BCUT2D eigenvalue weighted by molar-refractivity contribution is 5.95. The van der Waals surface area contributed by atoms with Crippen molar-refractivity contribution in [3.63, 3.8) is 0 Å². The molecule has 3 aromatic rings. The maximum absolute atomic E-state index is 5.90. The molecule has 0 fully saturated rings. The van der Waals surface area contributed by atoms with Crippen molar-refractivity contribution in [2.45, 2.75) is 31.4 Å². The molecule has 2 aliphatic rings. The minimum Gasteiger partial charge on any atom is -0.495 e. The minimum absolute atomic E-state index is 0.342. The number of benzene rings is 1. The van der Waals surface area contributed by atoms with E-state index in [0.717, 1.165) is 58.7 Å². The fraction of sp³-hybridized carbons (Fsp3) is 0.409. The number of H-pyrrole nitrogens is 1. The molecule has 2 aromatic heterocycles. The van der Waals surface area contributed by atoms with Gasteiger partial charge in [0, 0.05) is 32.5 Å². The van der Waals surface area contributed by atoms with Gasteiger partial charge in [0.2, 0.25) is 0 Å². The van der Waals surface area contributed by atoms with E-state index in [-0.39, 0.29) is 5.60 Å². The van der Waals surface area contributed by atoms with Crippen LogP contribution in [0.3, 0.4) is 0 Å². The second-order valence-corrected chi connectivity index (χ2v) is 7.87. The van der Waals surface area contributed by atoms with Crippen LogP contribution < -0.4 is 10.1 Å². The summed E-state index contributed by atoms with van der Waals surface area (Å²) in [6, 6.07) is 4.09. The monoisotopic (exact) mass is 407 g/mol. The summed E-state index contributed by atoms with van der Waals surface area (Å²) in [5.41, 5.74) is 5.96. The number of ether oxygens (including phenoxy) is 3. The third kappa shape index (κ3) is 3.03. The zero-order valence-corrected chi connectivity index (χ0v) is 17.4. The van der Waals surface area contributed by atoms with E-state index in [9.17, 15) is 0 Å². The van der Waals surface area contributed by atoms with Gasteiger partial charge in [-0.15, -0.1) is 0 Å². The molecule has 0 spiro atoms. The summed E-state index contributed by atoms with van der Waals surface area (Å²) < 4.78 is 17.0. The molecule has 0 bridgehead atoms. The number of nitrogens with one attached hydrogen (secondary N) is 2. The normalized spacial score (nSPS) is 19.7. The summed E-state index contributed by atoms with van der Waals surface area (Å²) in [6.07, 6.45) is 5.98. The molecular formula is C22H25N5O3. The summed E-state index contributed by atoms with van der Waals surface area (Å²) in [5.74, 6) is 1.51. The van der Waals surface area contributed by atoms with Crippen molar-refractivity contribution in [1.29, 1.82) is 0 Å². The maximum Gasteiger partial charge on any atom is 0.143 e. The van der Waals surface area contributed by atoms with Crippen molar-refractivity contribution in [2.24, 2.45) is 4.99 Å². The van der Waals surface area contributed by atoms with Gasteiger partial charge in [0.05, 0.1) is 36.9 Å². The first-order chi connectivity index (χ1) is 14.7. The maximum atomic E-state index is 5.90. The summed E-state index contributed by atoms with van der Waals surface area (Å²) in [5, 5.41) is 4.47. The number of fused-ring (bicyclic) bond motifs is 4. The van der Waals surface area contributed by atoms with Gasteiger partial charge in [-0.25, -0.2) is 9.97 Å². The van der Waals surface area contributed by atoms with Gasteiger partial charge in [-0.05, 0) is 41.7 Å². The fourth-order valence-corrected chi connectivity index (χ4v) is 4.55. The van der Waals surface area contributed by atoms with Gasteiger partial charge in [-0.2, -0.15) is 0 Å². The second-order valence-electron chi connectivity index (χ2n) is 7.87. The molecule has 5 rings (SSSR count). The molecule has 1 aliphatic heterocycles. The fourth-order valence-electron chi connectivity index (χ4n) is 4.55. The van der Waals surface area contributed by atoms with Crippen molar-refractivity contribution >= 4 is 28.8 Å². The highest BCUT2D eigenvalue weighted by Gasteiger charge is 2.37. The van der Waals surface area contributed by atoms with Crippen LogP contribution >= 0.6 is 0 Å². The van der Waals surface area contributed by atoms with Crippen LogP contribution in [-0.2, 0) is 28.9 Å². The van der Waals surface area contributed by atoms with Gasteiger partial charge < -0.3 is 24.5 Å². The summed E-state index contributed by atoms with van der Waals surface area (Å²) in [4.78, 5) is 16.9. The Balaban J connectivity index is 1.59. The van der Waals surface area contributed by atoms with E-state index < -0.39 is 0 Å². The number of rotatable bonds is 6. The molecule has 8 heteroatoms. The van der Waals surface area contributed by atoms with Crippen LogP contribution in [0.4, 0.5) is 11.5 Å². The van der Waals surface area contributed by atoms with Crippen LogP contribution in [0.25, 0.3) is 11.0 Å². The quantitative estimate of drug-likeness (QED) is 0.652. The van der Waals surface area contributed by atoms with Gasteiger partial charge in [0.25, 0.3) is 0 Å². The van der Waals surface area contributed by atoms with Gasteiger partial charge in [-0.1, -0.05) is 0 Å². The first kappa shape index (κ1) is 19.0. The summed E-state index contributed by atoms with van der Waals surface area (Å²) in [6.45, 7) is 1.23. The van der Waals surface area contributed by atoms with Gasteiger partial charge in [0.15, 0.2) is 0 Å². The number of aliphatic imine (C=N–C) groups is 1. The van der Waals surface area contributed by atoms with E-state index in [1.807, 2.05) is 12.3 Å². The van der Waals surface area contributed by atoms with Crippen molar-refractivity contribution in [3.8, 4) is 5.75 Å². The van der Waals surface area contributed by atoms with E-state index in [0.29, 0.717) is 13.2 Å². The molecule has 30 heavy (non-hydrogen) atoms. The predicted molar refractivity (Wildman–Crippen MR) is 115 cm³/mol. The first-order valence-electron chi connectivity index (χ1n) is 10.0. The van der Waals surface area contributed by atoms with Crippen LogP contribution in [0, 0.1) is 0 Å². The third-order valence-corrected chi connectivity index (χ3v) is 6.16. The van der Waals surface area contributed by atoms with Gasteiger partial charge >= 0.3 is 0 Å². The number of aromatic amines is 1. The van der Waals surface area contributed by atoms with Crippen molar-refractivity contribution in [1.82, 2.24) is 15.0 Å². The Morgan fingerprint density at radius 2 is 2.10 bits per heavy atom. The molecule has 1 aliphatic carbocycles. The van der Waals surface area contributed by atoms with E-state index >= 15 is 0 Å². The second kappa shape index (κ2) is 7.37. The van der Waals surface area contributed by atoms with Crippen molar-refractivity contribution < 1.29 is 14.2 Å². The molecule has 8 nitrogen and oxygen atoms in total. The lowest BCUT2D eigenvalue weighted by Crippen LogP contribution is -2.42. The Bertz CT molecular complexity index is 1140. The Labute approximate surface area is 174 Å². The summed E-state index contributed by atoms with van der Waals surface area (Å²) >= 11 is 0. The van der Waals surface area contributed by atoms with Crippen molar-refractivity contribution in [2.75, 3.05) is 33.3 Å². The van der Waals surface area contributed by atoms with Gasteiger partial charge in [0.1, 0.15) is 23.5 Å². The Hall–Kier alpha value is -2.97. The average molecular weight is 407 g/mol. The molecule has 0 saturated heterocycles. The smallest absolute Gasteiger partial charge is 0.143 e. The number of aryl methyl sites for hydroxylation is 1. The predicted octanol–water partition coefficient (Wildman–Crippen LogP) is 3.16. The molecule has 0 amide bonds. The highest BCUT2D eigenvalue weighted by atomic mass is 16.5. The lowest BCUT2D eigenvalue weighted by molar-refractivity contribution is -0.0721. The number of methoxy groups -OCH3 is 3. The zero-order chi connectivity index (χ0) is 20.7.